The van der Waals surface area contributed by atoms with E-state index in [1.54, 1.807) is 0 Å². The third-order valence-electron chi connectivity index (χ3n) is 5.02. The molecular weight excluding hydrogens is 425 g/mol. The first-order valence-corrected chi connectivity index (χ1v) is 10.0. The molecule has 1 atom stereocenters. The summed E-state index contributed by atoms with van der Waals surface area (Å²) >= 11 is 6.40. The number of halogens is 4. The molecule has 1 unspecified atom stereocenters. The summed E-state index contributed by atoms with van der Waals surface area (Å²) in [6.07, 6.45) is -0.923. The van der Waals surface area contributed by atoms with Gasteiger partial charge in [-0.2, -0.15) is 13.2 Å². The number of hydrogen-bond donors (Lipinski definition) is 2. The maximum absolute atomic E-state index is 10.9. The number of hydrogen-bond acceptors (Lipinski definition) is 4. The van der Waals surface area contributed by atoms with Crippen molar-refractivity contribution in [1.29, 1.82) is 0 Å². The standard InChI is InChI=1S/C18H27ClN2O2.C2HF3O2/c1-3-14-6-4-8-17(19)16(14)12-21-10-5-7-15(9-11-21)20(2)13-18(22)23;3-2(4,5)1(6)7/h4,6,8,15H,3,5,7,9-13H2,1-2H3,(H,22,23);(H,6,7). The molecule has 0 radical (unpaired) electrons. The van der Waals surface area contributed by atoms with E-state index in [1.165, 1.54) is 11.1 Å². The summed E-state index contributed by atoms with van der Waals surface area (Å²) in [7, 11) is 1.91. The first kappa shape index (κ1) is 26.2. The van der Waals surface area contributed by atoms with Crippen LogP contribution in [0.25, 0.3) is 0 Å². The highest BCUT2D eigenvalue weighted by Crippen LogP contribution is 2.24. The van der Waals surface area contributed by atoms with Crippen LogP contribution in [-0.2, 0) is 22.6 Å². The molecule has 0 amide bonds. The van der Waals surface area contributed by atoms with Crippen LogP contribution in [0.5, 0.6) is 0 Å². The van der Waals surface area contributed by atoms with Crippen LogP contribution in [0.3, 0.4) is 0 Å². The second-order valence-corrected chi connectivity index (χ2v) is 7.61. The molecule has 170 valence electrons. The lowest BCUT2D eigenvalue weighted by atomic mass is 10.0. The molecule has 2 N–H and O–H groups in total. The number of aryl methyl sites for hydroxylation is 1. The topological polar surface area (TPSA) is 81.1 Å². The Balaban J connectivity index is 0.000000553. The van der Waals surface area contributed by atoms with Gasteiger partial charge in [0.05, 0.1) is 6.54 Å². The highest BCUT2D eigenvalue weighted by atomic mass is 35.5. The van der Waals surface area contributed by atoms with Gasteiger partial charge in [-0.15, -0.1) is 0 Å². The van der Waals surface area contributed by atoms with Crippen LogP contribution in [0.15, 0.2) is 18.2 Å². The molecule has 6 nitrogen and oxygen atoms in total. The molecule has 30 heavy (non-hydrogen) atoms. The minimum Gasteiger partial charge on any atom is -0.480 e. The molecular formula is C20H28ClF3N2O4. The highest BCUT2D eigenvalue weighted by Gasteiger charge is 2.38. The zero-order chi connectivity index (χ0) is 22.9. The van der Waals surface area contributed by atoms with Crippen molar-refractivity contribution in [2.45, 2.75) is 51.4 Å². The van der Waals surface area contributed by atoms with Crippen molar-refractivity contribution in [3.05, 3.63) is 34.3 Å². The molecule has 1 aliphatic rings. The Morgan fingerprint density at radius 1 is 1.23 bits per heavy atom. The second kappa shape index (κ2) is 12.1. The van der Waals surface area contributed by atoms with E-state index in [1.807, 2.05) is 24.1 Å². The predicted octanol–water partition coefficient (Wildman–Crippen LogP) is 3.91. The van der Waals surface area contributed by atoms with Gasteiger partial charge in [-0.3, -0.25) is 14.6 Å². The number of alkyl halides is 3. The Morgan fingerprint density at radius 3 is 2.40 bits per heavy atom. The van der Waals surface area contributed by atoms with Crippen molar-refractivity contribution < 1.29 is 33.0 Å². The summed E-state index contributed by atoms with van der Waals surface area (Å²) in [6.45, 7) is 5.21. The van der Waals surface area contributed by atoms with E-state index < -0.39 is 18.1 Å². The fourth-order valence-corrected chi connectivity index (χ4v) is 3.67. The Kier molecular flexibility index (Phi) is 10.6. The number of carboxylic acids is 2. The van der Waals surface area contributed by atoms with Crippen molar-refractivity contribution >= 4 is 23.5 Å². The van der Waals surface area contributed by atoms with Crippen molar-refractivity contribution in [3.63, 3.8) is 0 Å². The van der Waals surface area contributed by atoms with Gasteiger partial charge in [0.2, 0.25) is 0 Å². The minimum atomic E-state index is -5.08. The average molecular weight is 453 g/mol. The van der Waals surface area contributed by atoms with E-state index in [-0.39, 0.29) is 6.54 Å². The van der Waals surface area contributed by atoms with Gasteiger partial charge in [-0.1, -0.05) is 30.7 Å². The molecule has 10 heteroatoms. The molecule has 1 aliphatic heterocycles. The predicted molar refractivity (Wildman–Crippen MR) is 108 cm³/mol. The Labute approximate surface area is 179 Å². The van der Waals surface area contributed by atoms with E-state index in [2.05, 4.69) is 17.9 Å². The molecule has 1 saturated heterocycles. The fraction of sp³-hybridized carbons (Fsp3) is 0.600. The smallest absolute Gasteiger partial charge is 0.480 e. The van der Waals surface area contributed by atoms with Crippen LogP contribution >= 0.6 is 11.6 Å². The first-order valence-electron chi connectivity index (χ1n) is 9.66. The molecule has 1 fully saturated rings. The minimum absolute atomic E-state index is 0.120. The van der Waals surface area contributed by atoms with Crippen molar-refractivity contribution in [2.75, 3.05) is 26.7 Å². The SMILES string of the molecule is CCc1cccc(Cl)c1CN1CCCC(N(C)CC(=O)O)CC1.O=C(O)C(F)(F)F. The first-order chi connectivity index (χ1) is 14.0. The summed E-state index contributed by atoms with van der Waals surface area (Å²) in [5.74, 6) is -3.51. The van der Waals surface area contributed by atoms with Crippen molar-refractivity contribution in [3.8, 4) is 0 Å². The maximum Gasteiger partial charge on any atom is 0.490 e. The number of carboxylic acid groups (broad SMARTS) is 2. The van der Waals surface area contributed by atoms with Crippen LogP contribution in [0, 0.1) is 0 Å². The number of rotatable bonds is 6. The lowest BCUT2D eigenvalue weighted by Crippen LogP contribution is -2.36. The quantitative estimate of drug-likeness (QED) is 0.681. The average Bonchev–Trinajstić information content (AvgIpc) is 2.88. The summed E-state index contributed by atoms with van der Waals surface area (Å²) < 4.78 is 31.7. The van der Waals surface area contributed by atoms with E-state index in [4.69, 9.17) is 26.6 Å². The van der Waals surface area contributed by atoms with Crippen LogP contribution in [-0.4, -0.2) is 70.9 Å². The normalized spacial score (nSPS) is 17.8. The van der Waals surface area contributed by atoms with E-state index in [9.17, 15) is 18.0 Å². The molecule has 0 saturated carbocycles. The summed E-state index contributed by atoms with van der Waals surface area (Å²) in [5, 5.41) is 16.9. The third-order valence-corrected chi connectivity index (χ3v) is 5.37. The molecule has 1 aromatic rings. The van der Waals surface area contributed by atoms with Gasteiger partial charge in [0.15, 0.2) is 0 Å². The lowest BCUT2D eigenvalue weighted by Gasteiger charge is -2.26. The van der Waals surface area contributed by atoms with Gasteiger partial charge in [0.1, 0.15) is 0 Å². The Morgan fingerprint density at radius 2 is 1.87 bits per heavy atom. The van der Waals surface area contributed by atoms with Gasteiger partial charge in [-0.05, 0) is 63.0 Å². The summed E-state index contributed by atoms with van der Waals surface area (Å²) in [4.78, 5) is 24.2. The summed E-state index contributed by atoms with van der Waals surface area (Å²) in [5.41, 5.74) is 2.57. The van der Waals surface area contributed by atoms with Gasteiger partial charge in [0.25, 0.3) is 0 Å². The summed E-state index contributed by atoms with van der Waals surface area (Å²) in [6, 6.07) is 6.50. The lowest BCUT2D eigenvalue weighted by molar-refractivity contribution is -0.192. The number of likely N-dealkylation sites (tertiary alicyclic amines) is 1. The number of aliphatic carboxylic acids is 2. The van der Waals surface area contributed by atoms with Gasteiger partial charge < -0.3 is 10.2 Å². The zero-order valence-electron chi connectivity index (χ0n) is 17.1. The van der Waals surface area contributed by atoms with Crippen LogP contribution in [0.4, 0.5) is 13.2 Å². The van der Waals surface area contributed by atoms with E-state index in [0.29, 0.717) is 6.04 Å². The molecule has 0 aliphatic carbocycles. The zero-order valence-corrected chi connectivity index (χ0v) is 17.8. The number of carbonyl (C=O) groups is 2. The van der Waals surface area contributed by atoms with Crippen LogP contribution in [0.1, 0.15) is 37.3 Å². The Bertz CT molecular complexity index is 716. The van der Waals surface area contributed by atoms with Crippen molar-refractivity contribution in [1.82, 2.24) is 9.80 Å². The van der Waals surface area contributed by atoms with Crippen LogP contribution < -0.4 is 0 Å². The molecule has 1 heterocycles. The number of benzene rings is 1. The molecule has 2 rings (SSSR count). The molecule has 1 aromatic carbocycles. The molecule has 0 bridgehead atoms. The van der Waals surface area contributed by atoms with Crippen LogP contribution in [0.2, 0.25) is 5.02 Å². The van der Waals surface area contributed by atoms with E-state index >= 15 is 0 Å². The molecule has 0 aromatic heterocycles. The largest absolute Gasteiger partial charge is 0.490 e. The monoisotopic (exact) mass is 452 g/mol. The fourth-order valence-electron chi connectivity index (χ4n) is 3.41. The highest BCUT2D eigenvalue weighted by molar-refractivity contribution is 6.31. The number of nitrogens with zero attached hydrogens (tertiary/aromatic N) is 2. The maximum atomic E-state index is 10.9. The van der Waals surface area contributed by atoms with Gasteiger partial charge in [-0.25, -0.2) is 4.79 Å². The molecule has 0 spiro atoms. The third kappa shape index (κ3) is 8.89. The second-order valence-electron chi connectivity index (χ2n) is 7.20. The van der Waals surface area contributed by atoms with Gasteiger partial charge >= 0.3 is 18.1 Å². The Hall–Kier alpha value is -1.84. The van der Waals surface area contributed by atoms with Gasteiger partial charge in [0, 0.05) is 17.6 Å². The number of likely N-dealkylation sites (N-methyl/N-ethyl adjacent to an activating group) is 1. The van der Waals surface area contributed by atoms with E-state index in [0.717, 1.165) is 50.3 Å². The van der Waals surface area contributed by atoms with Crippen molar-refractivity contribution in [2.24, 2.45) is 0 Å².